The van der Waals surface area contributed by atoms with E-state index in [1.807, 2.05) is 14.1 Å². The Bertz CT molecular complexity index is 262. The highest BCUT2D eigenvalue weighted by molar-refractivity contribution is 4.64. The van der Waals surface area contributed by atoms with Crippen LogP contribution in [0.15, 0.2) is 0 Å². The van der Waals surface area contributed by atoms with E-state index >= 15 is 0 Å². The third-order valence-electron chi connectivity index (χ3n) is 5.30. The Morgan fingerprint density at radius 3 is 0.929 bits per heavy atom. The van der Waals surface area contributed by atoms with Gasteiger partial charge in [0.25, 0.3) is 0 Å². The highest BCUT2D eigenvalue weighted by Gasteiger charge is 2.07. The molecule has 170 valence electrons. The van der Waals surface area contributed by atoms with Gasteiger partial charge in [0, 0.05) is 0 Å². The molecule has 0 radical (unpaired) electrons. The van der Waals surface area contributed by atoms with Gasteiger partial charge in [0.1, 0.15) is 0 Å². The molecule has 0 aromatic carbocycles. The van der Waals surface area contributed by atoms with Crippen molar-refractivity contribution in [2.45, 2.75) is 51.4 Å². The summed E-state index contributed by atoms with van der Waals surface area (Å²) in [4.78, 5) is 5.37. The Morgan fingerprint density at radius 2 is 0.607 bits per heavy atom. The molecule has 6 nitrogen and oxygen atoms in total. The lowest BCUT2D eigenvalue weighted by molar-refractivity contribution is 0.232. The number of nitrogens with one attached hydrogen (secondary N) is 4. The number of nitrogens with zero attached hydrogens (tertiary/aromatic N) is 2. The first-order valence-corrected chi connectivity index (χ1v) is 11.8. The molecule has 0 aromatic heterocycles. The third kappa shape index (κ3) is 19.1. The van der Waals surface area contributed by atoms with Crippen LogP contribution in [0.25, 0.3) is 0 Å². The minimum atomic E-state index is 1.12. The van der Waals surface area contributed by atoms with Gasteiger partial charge in [-0.1, -0.05) is 0 Å². The quantitative estimate of drug-likeness (QED) is 0.196. The molecule has 0 fully saturated rings. The smallest absolute Gasteiger partial charge is 0.000664 e. The van der Waals surface area contributed by atoms with Gasteiger partial charge in [-0.15, -0.1) is 0 Å². The molecule has 4 N–H and O–H groups in total. The average molecular weight is 401 g/mol. The van der Waals surface area contributed by atoms with Crippen LogP contribution in [0.1, 0.15) is 51.4 Å². The third-order valence-corrected chi connectivity index (χ3v) is 5.30. The molecule has 0 saturated heterocycles. The van der Waals surface area contributed by atoms with Crippen LogP contribution < -0.4 is 21.3 Å². The fraction of sp³-hybridized carbons (Fsp3) is 1.00. The van der Waals surface area contributed by atoms with Gasteiger partial charge < -0.3 is 31.1 Å². The van der Waals surface area contributed by atoms with Crippen LogP contribution >= 0.6 is 0 Å². The summed E-state index contributed by atoms with van der Waals surface area (Å²) in [5, 5.41) is 13.1. The zero-order valence-corrected chi connectivity index (χ0v) is 19.6. The molecule has 0 atom stereocenters. The minimum absolute atomic E-state index is 1.12. The van der Waals surface area contributed by atoms with Crippen LogP contribution in [-0.2, 0) is 0 Å². The molecule has 0 heterocycles. The predicted octanol–water partition coefficient (Wildman–Crippen LogP) is 1.59. The van der Waals surface area contributed by atoms with Crippen LogP contribution in [-0.4, -0.2) is 103 Å². The highest BCUT2D eigenvalue weighted by atomic mass is 15.1. The van der Waals surface area contributed by atoms with E-state index in [-0.39, 0.29) is 0 Å². The van der Waals surface area contributed by atoms with E-state index in [1.165, 1.54) is 90.6 Å². The standard InChI is InChI=1S/C22H52N6/c1-23-13-5-7-17-27(21-11-15-25-3)19-9-10-20-28(22-12-16-26-4)18-8-6-14-24-2/h23-26H,5-22H2,1-4H3. The molecule has 0 rings (SSSR count). The molecule has 0 unspecified atom stereocenters. The second-order valence-electron chi connectivity index (χ2n) is 7.93. The average Bonchev–Trinajstić information content (AvgIpc) is 2.70. The topological polar surface area (TPSA) is 54.6 Å². The maximum atomic E-state index is 3.28. The SMILES string of the molecule is CNCCCCN(CCCCN(CCCCNC)CCCNC)CCCNC. The lowest BCUT2D eigenvalue weighted by atomic mass is 10.2. The summed E-state index contributed by atoms with van der Waals surface area (Å²) in [6.07, 6.45) is 10.3. The maximum absolute atomic E-state index is 3.28. The zero-order chi connectivity index (χ0) is 20.7. The molecular formula is C22H52N6. The van der Waals surface area contributed by atoms with Crippen LogP contribution in [0.5, 0.6) is 0 Å². The number of rotatable bonds is 23. The summed E-state index contributed by atoms with van der Waals surface area (Å²) in [5.74, 6) is 0. The summed E-state index contributed by atoms with van der Waals surface area (Å²) < 4.78 is 0. The monoisotopic (exact) mass is 400 g/mol. The molecule has 0 amide bonds. The molecule has 0 aliphatic carbocycles. The van der Waals surface area contributed by atoms with Crippen molar-refractivity contribution in [3.8, 4) is 0 Å². The number of hydrogen-bond acceptors (Lipinski definition) is 6. The van der Waals surface area contributed by atoms with Gasteiger partial charge in [-0.05, 0) is 145 Å². The Kier molecular flexibility index (Phi) is 22.8. The van der Waals surface area contributed by atoms with Gasteiger partial charge in [-0.25, -0.2) is 0 Å². The van der Waals surface area contributed by atoms with Gasteiger partial charge in [0.15, 0.2) is 0 Å². The van der Waals surface area contributed by atoms with E-state index in [9.17, 15) is 0 Å². The zero-order valence-electron chi connectivity index (χ0n) is 19.6. The van der Waals surface area contributed by atoms with Crippen molar-refractivity contribution in [2.75, 3.05) is 93.6 Å². The normalized spacial score (nSPS) is 11.8. The van der Waals surface area contributed by atoms with Crippen LogP contribution in [0.4, 0.5) is 0 Å². The fourth-order valence-corrected chi connectivity index (χ4v) is 3.57. The van der Waals surface area contributed by atoms with Crippen LogP contribution in [0, 0.1) is 0 Å². The van der Waals surface area contributed by atoms with E-state index in [0.717, 1.165) is 26.2 Å². The van der Waals surface area contributed by atoms with Crippen molar-refractivity contribution in [3.63, 3.8) is 0 Å². The van der Waals surface area contributed by atoms with Gasteiger partial charge in [-0.3, -0.25) is 0 Å². The van der Waals surface area contributed by atoms with Crippen molar-refractivity contribution in [2.24, 2.45) is 0 Å². The maximum Gasteiger partial charge on any atom is -0.000664 e. The van der Waals surface area contributed by atoms with Crippen LogP contribution in [0.3, 0.4) is 0 Å². The van der Waals surface area contributed by atoms with Gasteiger partial charge in [0.05, 0.1) is 0 Å². The largest absolute Gasteiger partial charge is 0.320 e. The van der Waals surface area contributed by atoms with E-state index in [2.05, 4.69) is 45.2 Å². The summed E-state index contributed by atoms with van der Waals surface area (Å²) in [6.45, 7) is 12.0. The predicted molar refractivity (Wildman–Crippen MR) is 126 cm³/mol. The molecule has 0 aromatic rings. The minimum Gasteiger partial charge on any atom is -0.320 e. The van der Waals surface area contributed by atoms with Crippen molar-refractivity contribution < 1.29 is 0 Å². The lowest BCUT2D eigenvalue weighted by Crippen LogP contribution is -2.32. The first-order valence-electron chi connectivity index (χ1n) is 11.8. The van der Waals surface area contributed by atoms with Crippen molar-refractivity contribution in [1.82, 2.24) is 31.1 Å². The van der Waals surface area contributed by atoms with E-state index in [1.54, 1.807) is 0 Å². The van der Waals surface area contributed by atoms with Gasteiger partial charge in [0.2, 0.25) is 0 Å². The highest BCUT2D eigenvalue weighted by Crippen LogP contribution is 2.04. The first-order chi connectivity index (χ1) is 13.8. The molecule has 0 saturated carbocycles. The van der Waals surface area contributed by atoms with Crippen molar-refractivity contribution in [3.05, 3.63) is 0 Å². The molecule has 6 heteroatoms. The Morgan fingerprint density at radius 1 is 0.357 bits per heavy atom. The Balaban J connectivity index is 4.10. The summed E-state index contributed by atoms with van der Waals surface area (Å²) in [5.41, 5.74) is 0. The van der Waals surface area contributed by atoms with E-state index < -0.39 is 0 Å². The summed E-state index contributed by atoms with van der Waals surface area (Å²) in [6, 6.07) is 0. The second-order valence-corrected chi connectivity index (χ2v) is 7.93. The van der Waals surface area contributed by atoms with E-state index in [4.69, 9.17) is 0 Å². The molecule has 0 bridgehead atoms. The summed E-state index contributed by atoms with van der Waals surface area (Å²) in [7, 11) is 8.20. The molecule has 28 heavy (non-hydrogen) atoms. The van der Waals surface area contributed by atoms with Crippen LogP contribution in [0.2, 0.25) is 0 Å². The molecule has 0 aliphatic heterocycles. The second kappa shape index (κ2) is 23.0. The lowest BCUT2D eigenvalue weighted by Gasteiger charge is -2.25. The van der Waals surface area contributed by atoms with Gasteiger partial charge in [-0.2, -0.15) is 0 Å². The fourth-order valence-electron chi connectivity index (χ4n) is 3.57. The number of unbranched alkanes of at least 4 members (excludes halogenated alkanes) is 3. The number of hydrogen-bond donors (Lipinski definition) is 4. The van der Waals surface area contributed by atoms with E-state index in [0.29, 0.717) is 0 Å². The Hall–Kier alpha value is -0.240. The molecule has 0 aliphatic rings. The Labute approximate surface area is 176 Å². The first kappa shape index (κ1) is 27.8. The van der Waals surface area contributed by atoms with Crippen molar-refractivity contribution in [1.29, 1.82) is 0 Å². The molecule has 0 spiro atoms. The van der Waals surface area contributed by atoms with Gasteiger partial charge >= 0.3 is 0 Å². The molecular weight excluding hydrogens is 348 g/mol. The summed E-state index contributed by atoms with van der Waals surface area (Å²) >= 11 is 0. The van der Waals surface area contributed by atoms with Crippen molar-refractivity contribution >= 4 is 0 Å².